The lowest BCUT2D eigenvalue weighted by molar-refractivity contribution is -0.127. The summed E-state index contributed by atoms with van der Waals surface area (Å²) in [5, 5.41) is 11.5. The van der Waals surface area contributed by atoms with Crippen molar-refractivity contribution < 1.29 is 14.3 Å². The van der Waals surface area contributed by atoms with Crippen LogP contribution in [0.15, 0.2) is 71.7 Å². The number of hydrogen-bond donors (Lipinski definition) is 1. The maximum Gasteiger partial charge on any atom is 0.221 e. The summed E-state index contributed by atoms with van der Waals surface area (Å²) in [6, 6.07) is 19.6. The fourth-order valence-electron chi connectivity index (χ4n) is 5.39. The van der Waals surface area contributed by atoms with Gasteiger partial charge >= 0.3 is 0 Å². The molecule has 1 aliphatic heterocycles. The zero-order valence-electron chi connectivity index (χ0n) is 20.6. The van der Waals surface area contributed by atoms with Crippen molar-refractivity contribution in [2.45, 2.75) is 57.1 Å². The summed E-state index contributed by atoms with van der Waals surface area (Å²) in [7, 11) is 0. The van der Waals surface area contributed by atoms with E-state index in [2.05, 4.69) is 5.32 Å². The van der Waals surface area contributed by atoms with Crippen LogP contribution in [0.1, 0.15) is 49.7 Å². The van der Waals surface area contributed by atoms with Crippen molar-refractivity contribution in [2.75, 3.05) is 6.54 Å². The van der Waals surface area contributed by atoms with E-state index in [1.54, 1.807) is 6.21 Å². The van der Waals surface area contributed by atoms with Gasteiger partial charge in [-0.3, -0.25) is 14.6 Å². The Bertz CT molecular complexity index is 1110. The van der Waals surface area contributed by atoms with Crippen LogP contribution in [0.5, 0.6) is 5.75 Å². The van der Waals surface area contributed by atoms with E-state index in [9.17, 15) is 9.59 Å². The molecule has 1 N–H and O–H groups in total. The van der Waals surface area contributed by atoms with Crippen molar-refractivity contribution in [3.63, 3.8) is 0 Å². The number of carbonyl (C=O) groups excluding carboxylic acids is 2. The van der Waals surface area contributed by atoms with Gasteiger partial charge in [0.15, 0.2) is 5.78 Å². The number of carbonyl (C=O) groups is 2. The number of aliphatic imine (C=N–C) groups is 1. The van der Waals surface area contributed by atoms with Gasteiger partial charge in [-0.25, -0.2) is 0 Å². The van der Waals surface area contributed by atoms with Gasteiger partial charge in [0.2, 0.25) is 5.91 Å². The number of nitrogens with one attached hydrogen (secondary N) is 1. The first kappa shape index (κ1) is 25.4. The molecule has 2 aromatic carbocycles. The first-order valence-electron chi connectivity index (χ1n) is 12.8. The smallest absolute Gasteiger partial charge is 0.221 e. The van der Waals surface area contributed by atoms with E-state index < -0.39 is 5.54 Å². The summed E-state index contributed by atoms with van der Waals surface area (Å²) in [6.07, 6.45) is 11.2. The van der Waals surface area contributed by atoms with Gasteiger partial charge in [-0.2, -0.15) is 5.26 Å². The van der Waals surface area contributed by atoms with E-state index in [0.29, 0.717) is 6.61 Å². The van der Waals surface area contributed by atoms with Crippen LogP contribution in [0.2, 0.25) is 0 Å². The van der Waals surface area contributed by atoms with Gasteiger partial charge in [0, 0.05) is 25.0 Å². The van der Waals surface area contributed by atoms with Crippen LogP contribution in [0, 0.1) is 23.2 Å². The van der Waals surface area contributed by atoms with Crippen LogP contribution in [0.3, 0.4) is 0 Å². The number of Topliss-reactive ketones (excluding diaryl/α,β-unsaturated/α-hetero) is 1. The predicted molar refractivity (Wildman–Crippen MR) is 140 cm³/mol. The Hall–Kier alpha value is -3.72. The zero-order valence-corrected chi connectivity index (χ0v) is 20.6. The second kappa shape index (κ2) is 12.3. The molecule has 2 atom stereocenters. The van der Waals surface area contributed by atoms with Crippen molar-refractivity contribution in [1.82, 2.24) is 5.32 Å². The molecule has 2 aromatic rings. The maximum absolute atomic E-state index is 13.8. The standard InChI is InChI=1S/C30H33N3O3/c31-17-19-32-29(35)21-27(25-10-5-2-6-11-25)30(16-7-18-33-30)28(34)20-23-12-14-26(15-13-23)36-22-24-8-3-1-4-9-24/h1,3-4,7-9,12-16,18,25,27H,2,5-6,10-11,19-22H2,(H,32,35). The van der Waals surface area contributed by atoms with E-state index >= 15 is 0 Å². The second-order valence-corrected chi connectivity index (χ2v) is 9.62. The molecule has 0 radical (unpaired) electrons. The van der Waals surface area contributed by atoms with Gasteiger partial charge in [0.25, 0.3) is 0 Å². The SMILES string of the molecule is N#CCNC(=O)CC(C1CCCCC1)C1(C(=O)Cc2ccc(OCc3ccccc3)cc2)C=CC=N1. The van der Waals surface area contributed by atoms with Crippen LogP contribution in [0.25, 0.3) is 0 Å². The van der Waals surface area contributed by atoms with Gasteiger partial charge in [-0.15, -0.1) is 0 Å². The van der Waals surface area contributed by atoms with E-state index in [4.69, 9.17) is 15.0 Å². The number of amides is 1. The van der Waals surface area contributed by atoms with Gasteiger partial charge < -0.3 is 10.1 Å². The quantitative estimate of drug-likeness (QED) is 0.456. The molecule has 6 heteroatoms. The first-order valence-corrected chi connectivity index (χ1v) is 12.8. The fraction of sp³-hybridized carbons (Fsp3) is 0.400. The Balaban J connectivity index is 1.48. The molecule has 1 aliphatic carbocycles. The topological polar surface area (TPSA) is 91.6 Å². The number of allylic oxidation sites excluding steroid dienone is 1. The van der Waals surface area contributed by atoms with Crippen LogP contribution >= 0.6 is 0 Å². The molecule has 1 fully saturated rings. The molecule has 2 aliphatic rings. The summed E-state index contributed by atoms with van der Waals surface area (Å²) < 4.78 is 5.88. The summed E-state index contributed by atoms with van der Waals surface area (Å²) in [4.78, 5) is 31.2. The van der Waals surface area contributed by atoms with Gasteiger partial charge in [0.1, 0.15) is 24.4 Å². The molecular formula is C30H33N3O3. The third kappa shape index (κ3) is 6.28. The van der Waals surface area contributed by atoms with Crippen LogP contribution < -0.4 is 10.1 Å². The van der Waals surface area contributed by atoms with E-state index in [0.717, 1.165) is 42.6 Å². The molecule has 0 aromatic heterocycles. The lowest BCUT2D eigenvalue weighted by Gasteiger charge is -2.39. The Morgan fingerprint density at radius 1 is 1.06 bits per heavy atom. The third-order valence-electron chi connectivity index (χ3n) is 7.26. The van der Waals surface area contributed by atoms with Gasteiger partial charge in [0.05, 0.1) is 6.07 Å². The highest BCUT2D eigenvalue weighted by molar-refractivity contribution is 5.98. The van der Waals surface area contributed by atoms with Gasteiger partial charge in [-0.1, -0.05) is 74.6 Å². The first-order chi connectivity index (χ1) is 17.6. The normalized spacial score (nSPS) is 20.0. The Morgan fingerprint density at radius 2 is 1.81 bits per heavy atom. The van der Waals surface area contributed by atoms with Crippen molar-refractivity contribution in [2.24, 2.45) is 16.8 Å². The van der Waals surface area contributed by atoms with Crippen LogP contribution in [0.4, 0.5) is 0 Å². The summed E-state index contributed by atoms with van der Waals surface area (Å²) in [6.45, 7) is 0.452. The zero-order chi connectivity index (χ0) is 25.2. The van der Waals surface area contributed by atoms with E-state index in [1.807, 2.05) is 72.8 Å². The number of nitrogens with zero attached hydrogens (tertiary/aromatic N) is 2. The average Bonchev–Trinajstić information content (AvgIpc) is 3.42. The van der Waals surface area contributed by atoms with Crippen molar-refractivity contribution in [1.29, 1.82) is 5.26 Å². The van der Waals surface area contributed by atoms with Crippen LogP contribution in [-0.2, 0) is 22.6 Å². The molecule has 0 bridgehead atoms. The number of rotatable bonds is 11. The molecule has 1 saturated carbocycles. The van der Waals surface area contributed by atoms with Crippen molar-refractivity contribution in [3.8, 4) is 11.8 Å². The predicted octanol–water partition coefficient (Wildman–Crippen LogP) is 4.98. The number of ether oxygens (including phenoxy) is 1. The molecule has 4 rings (SSSR count). The minimum absolute atomic E-state index is 0.00545. The lowest BCUT2D eigenvalue weighted by Crippen LogP contribution is -2.48. The Kier molecular flexibility index (Phi) is 8.67. The summed E-state index contributed by atoms with van der Waals surface area (Å²) in [5.41, 5.74) is 0.935. The molecular weight excluding hydrogens is 450 g/mol. The number of hydrogen-bond acceptors (Lipinski definition) is 5. The molecule has 0 spiro atoms. The number of benzene rings is 2. The lowest BCUT2D eigenvalue weighted by atomic mass is 9.66. The molecule has 1 amide bonds. The van der Waals surface area contributed by atoms with E-state index in [-0.39, 0.29) is 42.9 Å². The fourth-order valence-corrected chi connectivity index (χ4v) is 5.39. The molecule has 6 nitrogen and oxygen atoms in total. The largest absolute Gasteiger partial charge is 0.489 e. The van der Waals surface area contributed by atoms with Crippen molar-refractivity contribution >= 4 is 17.9 Å². The molecule has 0 saturated heterocycles. The summed E-state index contributed by atoms with van der Waals surface area (Å²) in [5.74, 6) is 0.554. The van der Waals surface area contributed by atoms with Crippen molar-refractivity contribution in [3.05, 3.63) is 77.9 Å². The minimum Gasteiger partial charge on any atom is -0.489 e. The molecule has 2 unspecified atom stereocenters. The maximum atomic E-state index is 13.8. The molecule has 186 valence electrons. The second-order valence-electron chi connectivity index (χ2n) is 9.62. The average molecular weight is 484 g/mol. The molecule has 36 heavy (non-hydrogen) atoms. The Morgan fingerprint density at radius 3 is 2.47 bits per heavy atom. The summed E-state index contributed by atoms with van der Waals surface area (Å²) >= 11 is 0. The highest BCUT2D eigenvalue weighted by Gasteiger charge is 2.48. The highest BCUT2D eigenvalue weighted by atomic mass is 16.5. The van der Waals surface area contributed by atoms with Crippen LogP contribution in [-0.4, -0.2) is 30.0 Å². The number of nitriles is 1. The number of ketones is 1. The van der Waals surface area contributed by atoms with Gasteiger partial charge in [-0.05, 0) is 41.3 Å². The molecule has 1 heterocycles. The Labute approximate surface area is 213 Å². The minimum atomic E-state index is -1.05. The monoisotopic (exact) mass is 483 g/mol. The third-order valence-corrected chi connectivity index (χ3v) is 7.26. The highest BCUT2D eigenvalue weighted by Crippen LogP contribution is 2.42. The van der Waals surface area contributed by atoms with E-state index in [1.165, 1.54) is 6.42 Å².